The van der Waals surface area contributed by atoms with E-state index >= 15 is 0 Å². The lowest BCUT2D eigenvalue weighted by Gasteiger charge is -2.18. The van der Waals surface area contributed by atoms with Crippen molar-refractivity contribution in [2.75, 3.05) is 16.2 Å². The molecule has 3 aromatic rings. The van der Waals surface area contributed by atoms with E-state index in [0.717, 1.165) is 5.56 Å². The highest BCUT2D eigenvalue weighted by molar-refractivity contribution is 7.92. The average Bonchev–Trinajstić information content (AvgIpc) is 3.11. The molecule has 1 amide bonds. The summed E-state index contributed by atoms with van der Waals surface area (Å²) in [6.45, 7) is 0.538. The van der Waals surface area contributed by atoms with E-state index in [1.54, 1.807) is 35.4 Å². The third kappa shape index (κ3) is 3.58. The van der Waals surface area contributed by atoms with Gasteiger partial charge in [-0.15, -0.1) is 0 Å². The smallest absolute Gasteiger partial charge is 0.261 e. The number of amides is 1. The molecule has 0 unspecified atom stereocenters. The minimum Gasteiger partial charge on any atom is -0.308 e. The van der Waals surface area contributed by atoms with Crippen LogP contribution in [0.4, 0.5) is 11.4 Å². The highest BCUT2D eigenvalue weighted by Gasteiger charge is 2.26. The Hall–Kier alpha value is -2.90. The summed E-state index contributed by atoms with van der Waals surface area (Å²) in [6.07, 6.45) is 3.84. The number of carbonyl (C=O) groups excluding carboxylic acids is 1. The summed E-state index contributed by atoms with van der Waals surface area (Å²) in [5.74, 6) is -0.162. The Kier molecular flexibility index (Phi) is 4.78. The number of benzene rings is 2. The molecule has 28 heavy (non-hydrogen) atoms. The number of nitrogens with zero attached hydrogens (tertiary/aromatic N) is 2. The van der Waals surface area contributed by atoms with Gasteiger partial charge in [-0.3, -0.25) is 14.5 Å². The first kappa shape index (κ1) is 18.5. The summed E-state index contributed by atoms with van der Waals surface area (Å²) in [5.41, 5.74) is 2.57. The van der Waals surface area contributed by atoms with Crippen LogP contribution in [-0.2, 0) is 16.4 Å². The van der Waals surface area contributed by atoms with E-state index in [-0.39, 0.29) is 10.8 Å². The molecule has 0 fully saturated rings. The van der Waals surface area contributed by atoms with Crippen LogP contribution in [-0.4, -0.2) is 25.9 Å². The number of hydrogen-bond acceptors (Lipinski definition) is 4. The predicted octanol–water partition coefficient (Wildman–Crippen LogP) is 3.74. The van der Waals surface area contributed by atoms with E-state index in [1.165, 1.54) is 30.5 Å². The molecule has 2 heterocycles. The number of anilines is 2. The number of sulfonamides is 1. The van der Waals surface area contributed by atoms with Gasteiger partial charge < -0.3 is 4.90 Å². The molecule has 6 nitrogen and oxygen atoms in total. The standard InChI is InChI=1S/C20H16ClN3O3S/c21-16-4-7-18(8-5-16)28(26,27)23-17-6-3-14-9-11-24(19(14)12-17)20(25)15-2-1-10-22-13-15/h1-8,10,12-13,23H,9,11H2. The first-order chi connectivity index (χ1) is 13.4. The number of rotatable bonds is 4. The zero-order valence-electron chi connectivity index (χ0n) is 14.7. The number of fused-ring (bicyclic) bond motifs is 1. The van der Waals surface area contributed by atoms with Crippen molar-refractivity contribution in [3.8, 4) is 0 Å². The molecular weight excluding hydrogens is 398 g/mol. The minimum absolute atomic E-state index is 0.112. The van der Waals surface area contributed by atoms with Crippen LogP contribution in [0, 0.1) is 0 Å². The van der Waals surface area contributed by atoms with Gasteiger partial charge in [-0.2, -0.15) is 0 Å². The summed E-state index contributed by atoms with van der Waals surface area (Å²) < 4.78 is 27.8. The van der Waals surface area contributed by atoms with Crippen molar-refractivity contribution < 1.29 is 13.2 Å². The number of nitrogens with one attached hydrogen (secondary N) is 1. The Bertz CT molecular complexity index is 1130. The molecule has 0 atom stereocenters. The summed E-state index contributed by atoms with van der Waals surface area (Å²) >= 11 is 5.82. The molecule has 142 valence electrons. The van der Waals surface area contributed by atoms with Crippen molar-refractivity contribution in [3.63, 3.8) is 0 Å². The SMILES string of the molecule is O=C(c1cccnc1)N1CCc2ccc(NS(=O)(=O)c3ccc(Cl)cc3)cc21. The van der Waals surface area contributed by atoms with Crippen molar-refractivity contribution in [2.45, 2.75) is 11.3 Å². The third-order valence-electron chi connectivity index (χ3n) is 4.51. The van der Waals surface area contributed by atoms with Gasteiger partial charge in [0.15, 0.2) is 0 Å². The Morgan fingerprint density at radius 2 is 1.89 bits per heavy atom. The van der Waals surface area contributed by atoms with Crippen molar-refractivity contribution >= 4 is 38.9 Å². The number of hydrogen-bond donors (Lipinski definition) is 1. The van der Waals surface area contributed by atoms with Crippen LogP contribution < -0.4 is 9.62 Å². The van der Waals surface area contributed by atoms with Crippen molar-refractivity contribution in [1.29, 1.82) is 0 Å². The largest absolute Gasteiger partial charge is 0.308 e. The van der Waals surface area contributed by atoms with Gasteiger partial charge in [-0.05, 0) is 60.5 Å². The second kappa shape index (κ2) is 7.26. The van der Waals surface area contributed by atoms with Gasteiger partial charge in [-0.1, -0.05) is 17.7 Å². The Morgan fingerprint density at radius 1 is 1.11 bits per heavy atom. The van der Waals surface area contributed by atoms with Crippen molar-refractivity contribution in [3.05, 3.63) is 83.1 Å². The molecule has 8 heteroatoms. The average molecular weight is 414 g/mol. The van der Waals surface area contributed by atoms with Gasteiger partial charge in [0, 0.05) is 29.6 Å². The van der Waals surface area contributed by atoms with Gasteiger partial charge in [0.1, 0.15) is 0 Å². The minimum atomic E-state index is -3.76. The van der Waals surface area contributed by atoms with E-state index in [2.05, 4.69) is 9.71 Å². The van der Waals surface area contributed by atoms with Crippen LogP contribution in [0.25, 0.3) is 0 Å². The lowest BCUT2D eigenvalue weighted by atomic mass is 10.1. The third-order valence-corrected chi connectivity index (χ3v) is 6.16. The zero-order valence-corrected chi connectivity index (χ0v) is 16.2. The van der Waals surface area contributed by atoms with Crippen molar-refractivity contribution in [2.24, 2.45) is 0 Å². The highest BCUT2D eigenvalue weighted by Crippen LogP contribution is 2.32. The van der Waals surface area contributed by atoms with Crippen LogP contribution >= 0.6 is 11.6 Å². The number of pyridine rings is 1. The van der Waals surface area contributed by atoms with Crippen LogP contribution in [0.3, 0.4) is 0 Å². The zero-order chi connectivity index (χ0) is 19.7. The van der Waals surface area contributed by atoms with Gasteiger partial charge in [0.25, 0.3) is 15.9 Å². The van der Waals surface area contributed by atoms with Gasteiger partial charge in [0.05, 0.1) is 16.1 Å². The first-order valence-electron chi connectivity index (χ1n) is 8.57. The number of aromatic nitrogens is 1. The lowest BCUT2D eigenvalue weighted by Crippen LogP contribution is -2.29. The normalized spacial score (nSPS) is 13.2. The van der Waals surface area contributed by atoms with Gasteiger partial charge >= 0.3 is 0 Å². The predicted molar refractivity (Wildman–Crippen MR) is 108 cm³/mol. The topological polar surface area (TPSA) is 79.4 Å². The Morgan fingerprint density at radius 3 is 2.61 bits per heavy atom. The molecule has 0 spiro atoms. The first-order valence-corrected chi connectivity index (χ1v) is 10.4. The Balaban J connectivity index is 1.62. The molecule has 0 saturated heterocycles. The second-order valence-corrected chi connectivity index (χ2v) is 8.47. The van der Waals surface area contributed by atoms with Gasteiger partial charge in [-0.25, -0.2) is 8.42 Å². The van der Waals surface area contributed by atoms with Crippen LogP contribution in [0.1, 0.15) is 15.9 Å². The maximum Gasteiger partial charge on any atom is 0.261 e. The fourth-order valence-electron chi connectivity index (χ4n) is 3.13. The summed E-state index contributed by atoms with van der Waals surface area (Å²) in [7, 11) is -3.76. The van der Waals surface area contributed by atoms with E-state index < -0.39 is 10.0 Å². The van der Waals surface area contributed by atoms with Crippen LogP contribution in [0.5, 0.6) is 0 Å². The Labute approximate surface area is 167 Å². The monoisotopic (exact) mass is 413 g/mol. The molecule has 0 bridgehead atoms. The molecule has 1 aliphatic rings. The van der Waals surface area contributed by atoms with E-state index in [9.17, 15) is 13.2 Å². The molecule has 4 rings (SSSR count). The fraction of sp³-hybridized carbons (Fsp3) is 0.100. The second-order valence-electron chi connectivity index (χ2n) is 6.35. The molecule has 0 saturated carbocycles. The molecular formula is C20H16ClN3O3S. The molecule has 0 aliphatic carbocycles. The summed E-state index contributed by atoms with van der Waals surface area (Å²) in [5, 5.41) is 0.459. The maximum absolute atomic E-state index is 12.8. The highest BCUT2D eigenvalue weighted by atomic mass is 35.5. The van der Waals surface area contributed by atoms with Gasteiger partial charge in [0.2, 0.25) is 0 Å². The summed E-state index contributed by atoms with van der Waals surface area (Å²) in [6, 6.07) is 14.6. The maximum atomic E-state index is 12.8. The van der Waals surface area contributed by atoms with Crippen molar-refractivity contribution in [1.82, 2.24) is 4.98 Å². The van der Waals surface area contributed by atoms with Crippen LogP contribution in [0.2, 0.25) is 5.02 Å². The van der Waals surface area contributed by atoms with E-state index in [4.69, 9.17) is 11.6 Å². The fourth-order valence-corrected chi connectivity index (χ4v) is 4.30. The number of carbonyl (C=O) groups is 1. The lowest BCUT2D eigenvalue weighted by molar-refractivity contribution is 0.0989. The van der Waals surface area contributed by atoms with E-state index in [0.29, 0.717) is 34.9 Å². The molecule has 1 N–H and O–H groups in total. The number of halogens is 1. The quantitative estimate of drug-likeness (QED) is 0.706. The van der Waals surface area contributed by atoms with E-state index in [1.807, 2.05) is 6.07 Å². The molecule has 2 aromatic carbocycles. The molecule has 1 aliphatic heterocycles. The van der Waals surface area contributed by atoms with Crippen LogP contribution in [0.15, 0.2) is 71.9 Å². The summed E-state index contributed by atoms with van der Waals surface area (Å²) in [4.78, 5) is 18.5. The molecule has 0 radical (unpaired) electrons. The molecule has 1 aromatic heterocycles.